The summed E-state index contributed by atoms with van der Waals surface area (Å²) >= 11 is 0. The lowest BCUT2D eigenvalue weighted by molar-refractivity contribution is -0.167. The van der Waals surface area contributed by atoms with Gasteiger partial charge in [-0.1, -0.05) is 276 Å². The number of hydrogen-bond donors (Lipinski definition) is 0. The maximum Gasteiger partial charge on any atom is 0.306 e. The number of rotatable bonds is 59. The van der Waals surface area contributed by atoms with Crippen LogP contribution >= 0.6 is 0 Å². The van der Waals surface area contributed by atoms with Crippen molar-refractivity contribution in [3.8, 4) is 0 Å². The third-order valence-corrected chi connectivity index (χ3v) is 13.8. The van der Waals surface area contributed by atoms with Crippen molar-refractivity contribution in [1.82, 2.24) is 0 Å². The van der Waals surface area contributed by atoms with E-state index >= 15 is 0 Å². The lowest BCUT2D eigenvalue weighted by Crippen LogP contribution is -2.30. The number of carbonyl (C=O) groups is 3. The predicted molar refractivity (Wildman–Crippen MR) is 352 cm³/mol. The third-order valence-electron chi connectivity index (χ3n) is 13.8. The minimum atomic E-state index is -0.818. The Kier molecular flexibility index (Phi) is 63.9. The molecule has 0 aromatic carbocycles. The summed E-state index contributed by atoms with van der Waals surface area (Å²) in [7, 11) is 0. The van der Waals surface area contributed by atoms with Crippen molar-refractivity contribution < 1.29 is 28.6 Å². The van der Waals surface area contributed by atoms with Crippen molar-refractivity contribution >= 4 is 17.9 Å². The standard InChI is InChI=1S/C75H122O6/c1-4-7-10-13-16-19-22-25-28-31-33-35-37-39-41-44-47-50-53-56-59-62-65-68-74(77)80-71-72(70-79-73(76)67-64-61-58-55-52-49-46-43-30-27-24-21-18-15-12-9-6-3)81-75(78)69-66-63-60-57-54-51-48-45-42-40-38-36-34-32-29-26-23-20-17-14-11-8-5-2/h7,10,16,18-19,21,23,25-28,30,32-35,38-41,47,50,56,59,72H,4-6,8-9,11-15,17,20,22,24,29,31,36-37,42-46,48-49,51-55,57-58,60-71H2,1-3H3/b10-7-,19-16-,21-18-,26-23-,28-25-,30-27-,34-32-,35-33-,40-38-,41-39-,50-47-,59-56-. The Labute approximate surface area is 499 Å². The maximum atomic E-state index is 12.9. The van der Waals surface area contributed by atoms with Crippen molar-refractivity contribution in [2.75, 3.05) is 13.2 Å². The minimum Gasteiger partial charge on any atom is -0.462 e. The van der Waals surface area contributed by atoms with Crippen LogP contribution in [0.2, 0.25) is 0 Å². The Balaban J connectivity index is 4.53. The van der Waals surface area contributed by atoms with Gasteiger partial charge in [-0.2, -0.15) is 0 Å². The summed E-state index contributed by atoms with van der Waals surface area (Å²) in [6, 6.07) is 0. The Hall–Kier alpha value is -4.71. The van der Waals surface area contributed by atoms with E-state index < -0.39 is 6.10 Å². The van der Waals surface area contributed by atoms with Gasteiger partial charge in [0.05, 0.1) is 0 Å². The SMILES string of the molecule is CC/C=C\C/C=C\C/C=C\C/C=C\C/C=C\C/C=C\C/C=C\CCCC(=O)OCC(COC(=O)CCCCCCCCC/C=C\C/C=C\CCCCC)OC(=O)CCCCCCCCCC/C=C\C/C=C\C/C=C\CCCCCCC. The van der Waals surface area contributed by atoms with Crippen molar-refractivity contribution in [2.24, 2.45) is 0 Å². The molecule has 6 nitrogen and oxygen atoms in total. The molecule has 0 aliphatic rings. The summed E-state index contributed by atoms with van der Waals surface area (Å²) in [6.07, 6.45) is 97.1. The highest BCUT2D eigenvalue weighted by atomic mass is 16.6. The van der Waals surface area contributed by atoms with Gasteiger partial charge < -0.3 is 14.2 Å². The lowest BCUT2D eigenvalue weighted by atomic mass is 10.1. The van der Waals surface area contributed by atoms with Gasteiger partial charge in [0.2, 0.25) is 0 Å². The zero-order chi connectivity index (χ0) is 58.5. The van der Waals surface area contributed by atoms with E-state index in [0.717, 1.165) is 122 Å². The predicted octanol–water partition coefficient (Wildman–Crippen LogP) is 23.1. The van der Waals surface area contributed by atoms with E-state index in [1.165, 1.54) is 122 Å². The molecule has 0 amide bonds. The first kappa shape index (κ1) is 76.3. The van der Waals surface area contributed by atoms with E-state index in [4.69, 9.17) is 14.2 Å². The molecule has 0 radical (unpaired) electrons. The van der Waals surface area contributed by atoms with Gasteiger partial charge in [0.1, 0.15) is 13.2 Å². The van der Waals surface area contributed by atoms with Crippen LogP contribution in [0.25, 0.3) is 0 Å². The molecule has 458 valence electrons. The van der Waals surface area contributed by atoms with E-state index in [1.807, 2.05) is 0 Å². The Morgan fingerprint density at radius 2 is 0.494 bits per heavy atom. The fourth-order valence-electron chi connectivity index (χ4n) is 8.82. The average Bonchev–Trinajstić information content (AvgIpc) is 3.47. The average molecular weight is 1120 g/mol. The monoisotopic (exact) mass is 1120 g/mol. The molecular formula is C75H122O6. The maximum absolute atomic E-state index is 12.9. The number of unbranched alkanes of at least 4 members (excludes halogenated alkanes) is 24. The Morgan fingerprint density at radius 3 is 0.827 bits per heavy atom. The third kappa shape index (κ3) is 66.0. The fourth-order valence-corrected chi connectivity index (χ4v) is 8.82. The van der Waals surface area contributed by atoms with Crippen LogP contribution in [0.15, 0.2) is 146 Å². The molecule has 0 saturated carbocycles. The second kappa shape index (κ2) is 67.8. The second-order valence-corrected chi connectivity index (χ2v) is 21.6. The van der Waals surface area contributed by atoms with Gasteiger partial charge in [-0.05, 0) is 141 Å². The van der Waals surface area contributed by atoms with Crippen molar-refractivity contribution in [3.63, 3.8) is 0 Å². The summed E-state index contributed by atoms with van der Waals surface area (Å²) in [6.45, 7) is 6.44. The molecule has 0 aliphatic carbocycles. The second-order valence-electron chi connectivity index (χ2n) is 21.6. The van der Waals surface area contributed by atoms with Crippen LogP contribution in [0, 0.1) is 0 Å². The molecule has 0 spiro atoms. The molecule has 0 bridgehead atoms. The highest BCUT2D eigenvalue weighted by Gasteiger charge is 2.19. The van der Waals surface area contributed by atoms with Crippen LogP contribution in [-0.4, -0.2) is 37.2 Å². The van der Waals surface area contributed by atoms with E-state index in [-0.39, 0.29) is 37.5 Å². The molecule has 6 heteroatoms. The molecule has 0 aliphatic heterocycles. The molecule has 0 fully saturated rings. The molecule has 0 aromatic heterocycles. The highest BCUT2D eigenvalue weighted by molar-refractivity contribution is 5.71. The summed E-state index contributed by atoms with van der Waals surface area (Å²) in [5.74, 6) is -0.983. The van der Waals surface area contributed by atoms with Crippen molar-refractivity contribution in [2.45, 2.75) is 297 Å². The van der Waals surface area contributed by atoms with E-state index in [0.29, 0.717) is 19.3 Å². The number of carbonyl (C=O) groups excluding carboxylic acids is 3. The molecule has 0 heterocycles. The van der Waals surface area contributed by atoms with Crippen LogP contribution in [-0.2, 0) is 28.6 Å². The van der Waals surface area contributed by atoms with Crippen LogP contribution in [0.4, 0.5) is 0 Å². The van der Waals surface area contributed by atoms with Crippen molar-refractivity contribution in [1.29, 1.82) is 0 Å². The Morgan fingerprint density at radius 1 is 0.259 bits per heavy atom. The largest absolute Gasteiger partial charge is 0.462 e. The van der Waals surface area contributed by atoms with Gasteiger partial charge in [0, 0.05) is 19.3 Å². The fraction of sp³-hybridized carbons (Fsp3) is 0.640. The highest BCUT2D eigenvalue weighted by Crippen LogP contribution is 2.15. The van der Waals surface area contributed by atoms with E-state index in [9.17, 15) is 14.4 Å². The van der Waals surface area contributed by atoms with Gasteiger partial charge in [0.15, 0.2) is 6.10 Å². The first-order valence-corrected chi connectivity index (χ1v) is 33.3. The molecule has 0 rings (SSSR count). The first-order chi connectivity index (χ1) is 40.0. The van der Waals surface area contributed by atoms with Crippen molar-refractivity contribution in [3.05, 3.63) is 146 Å². The van der Waals surface area contributed by atoms with Gasteiger partial charge >= 0.3 is 17.9 Å². The minimum absolute atomic E-state index is 0.108. The molecule has 0 N–H and O–H groups in total. The molecule has 1 unspecified atom stereocenters. The number of hydrogen-bond acceptors (Lipinski definition) is 6. The zero-order valence-electron chi connectivity index (χ0n) is 52.5. The van der Waals surface area contributed by atoms with Crippen LogP contribution in [0.1, 0.15) is 290 Å². The zero-order valence-corrected chi connectivity index (χ0v) is 52.5. The summed E-state index contributed by atoms with van der Waals surface area (Å²) in [5.41, 5.74) is 0. The van der Waals surface area contributed by atoms with Gasteiger partial charge in [-0.15, -0.1) is 0 Å². The number of esters is 3. The number of ether oxygens (including phenoxy) is 3. The van der Waals surface area contributed by atoms with E-state index in [2.05, 4.69) is 167 Å². The molecule has 0 aromatic rings. The van der Waals surface area contributed by atoms with E-state index in [1.54, 1.807) is 0 Å². The normalized spacial score (nSPS) is 13.1. The molecule has 81 heavy (non-hydrogen) atoms. The summed E-state index contributed by atoms with van der Waals surface area (Å²) in [5, 5.41) is 0. The molecular weight excluding hydrogens is 997 g/mol. The molecule has 0 saturated heterocycles. The quantitative estimate of drug-likeness (QED) is 0.0261. The van der Waals surface area contributed by atoms with Gasteiger partial charge in [0.25, 0.3) is 0 Å². The smallest absolute Gasteiger partial charge is 0.306 e. The molecule has 1 atom stereocenters. The Bertz CT molecular complexity index is 1760. The van der Waals surface area contributed by atoms with Crippen LogP contribution < -0.4 is 0 Å². The van der Waals surface area contributed by atoms with Crippen LogP contribution in [0.5, 0.6) is 0 Å². The van der Waals surface area contributed by atoms with Gasteiger partial charge in [-0.25, -0.2) is 0 Å². The van der Waals surface area contributed by atoms with Crippen LogP contribution in [0.3, 0.4) is 0 Å². The lowest BCUT2D eigenvalue weighted by Gasteiger charge is -2.18. The summed E-state index contributed by atoms with van der Waals surface area (Å²) in [4.78, 5) is 38.4. The first-order valence-electron chi connectivity index (χ1n) is 33.3. The topological polar surface area (TPSA) is 78.9 Å². The van der Waals surface area contributed by atoms with Gasteiger partial charge in [-0.3, -0.25) is 14.4 Å². The number of allylic oxidation sites excluding steroid dienone is 24. The summed E-state index contributed by atoms with van der Waals surface area (Å²) < 4.78 is 16.9.